The van der Waals surface area contributed by atoms with Crippen LogP contribution in [0.5, 0.6) is 5.75 Å². The lowest BCUT2D eigenvalue weighted by atomic mass is 10.1. The summed E-state index contributed by atoms with van der Waals surface area (Å²) in [4.78, 5) is 4.00. The molecule has 2 aromatic rings. The van der Waals surface area contributed by atoms with Crippen molar-refractivity contribution in [3.63, 3.8) is 0 Å². The van der Waals surface area contributed by atoms with E-state index in [-0.39, 0.29) is 12.4 Å². The number of aliphatic hydroxyl groups excluding tert-OH is 1. The minimum atomic E-state index is -0.153. The van der Waals surface area contributed by atoms with Gasteiger partial charge in [-0.25, -0.2) is 0 Å². The maximum Gasteiger partial charge on any atom is 0.150 e. The van der Waals surface area contributed by atoms with Gasteiger partial charge in [-0.2, -0.15) is 0 Å². The van der Waals surface area contributed by atoms with Crippen LogP contribution in [0.3, 0.4) is 0 Å². The average Bonchev–Trinajstić information content (AvgIpc) is 2.88. The van der Waals surface area contributed by atoms with Crippen LogP contribution in [0.15, 0.2) is 23.0 Å². The van der Waals surface area contributed by atoms with E-state index in [4.69, 9.17) is 4.52 Å². The third-order valence-electron chi connectivity index (χ3n) is 2.69. The van der Waals surface area contributed by atoms with Gasteiger partial charge in [-0.3, -0.25) is 4.98 Å². The molecule has 6 heteroatoms. The molecular weight excluding hydrogens is 234 g/mol. The normalized spacial score (nSPS) is 10.8. The van der Waals surface area contributed by atoms with Crippen LogP contribution in [0.4, 0.5) is 0 Å². The lowest BCUT2D eigenvalue weighted by molar-refractivity contribution is 0.278. The summed E-state index contributed by atoms with van der Waals surface area (Å²) in [5.41, 5.74) is 1.82. The SMILES string of the molecule is Cc1ncc(CO)c(CNCc2ccno2)c1O. The number of rotatable bonds is 5. The minimum absolute atomic E-state index is 0.117. The van der Waals surface area contributed by atoms with Crippen LogP contribution in [-0.4, -0.2) is 20.4 Å². The highest BCUT2D eigenvalue weighted by molar-refractivity contribution is 5.40. The first-order valence-corrected chi connectivity index (χ1v) is 5.59. The summed E-state index contributed by atoms with van der Waals surface area (Å²) in [7, 11) is 0. The van der Waals surface area contributed by atoms with E-state index in [1.165, 1.54) is 0 Å². The molecule has 0 fully saturated rings. The van der Waals surface area contributed by atoms with Crippen molar-refractivity contribution < 1.29 is 14.7 Å². The first kappa shape index (κ1) is 12.5. The number of aliphatic hydroxyl groups is 1. The molecule has 0 spiro atoms. The summed E-state index contributed by atoms with van der Waals surface area (Å²) < 4.78 is 4.95. The van der Waals surface area contributed by atoms with Crippen molar-refractivity contribution in [2.24, 2.45) is 0 Å². The van der Waals surface area contributed by atoms with Crippen LogP contribution in [0, 0.1) is 6.92 Å². The Bertz CT molecular complexity index is 512. The van der Waals surface area contributed by atoms with Crippen molar-refractivity contribution in [1.82, 2.24) is 15.5 Å². The first-order valence-electron chi connectivity index (χ1n) is 5.59. The van der Waals surface area contributed by atoms with E-state index in [9.17, 15) is 10.2 Å². The molecule has 96 valence electrons. The Kier molecular flexibility index (Phi) is 3.91. The smallest absolute Gasteiger partial charge is 0.150 e. The fourth-order valence-electron chi connectivity index (χ4n) is 1.66. The van der Waals surface area contributed by atoms with Gasteiger partial charge in [-0.15, -0.1) is 0 Å². The molecular formula is C12H15N3O3. The van der Waals surface area contributed by atoms with Crippen molar-refractivity contribution in [3.05, 3.63) is 41.0 Å². The highest BCUT2D eigenvalue weighted by Gasteiger charge is 2.11. The summed E-state index contributed by atoms with van der Waals surface area (Å²) in [5.74, 6) is 0.831. The molecule has 0 aliphatic rings. The molecule has 0 aliphatic heterocycles. The van der Waals surface area contributed by atoms with Crippen LogP contribution >= 0.6 is 0 Å². The monoisotopic (exact) mass is 249 g/mol. The van der Waals surface area contributed by atoms with Crippen LogP contribution < -0.4 is 5.32 Å². The topological polar surface area (TPSA) is 91.4 Å². The Labute approximate surface area is 104 Å². The highest BCUT2D eigenvalue weighted by Crippen LogP contribution is 2.23. The summed E-state index contributed by atoms with van der Waals surface area (Å²) in [6.07, 6.45) is 3.14. The maximum atomic E-state index is 9.92. The third-order valence-corrected chi connectivity index (χ3v) is 2.69. The van der Waals surface area contributed by atoms with Gasteiger partial charge in [0.15, 0.2) is 0 Å². The minimum Gasteiger partial charge on any atom is -0.506 e. The van der Waals surface area contributed by atoms with E-state index in [2.05, 4.69) is 15.5 Å². The Morgan fingerprint density at radius 3 is 2.89 bits per heavy atom. The average molecular weight is 249 g/mol. The molecule has 0 saturated carbocycles. The number of aryl methyl sites for hydroxylation is 1. The zero-order valence-corrected chi connectivity index (χ0v) is 10.1. The number of nitrogens with one attached hydrogen (secondary N) is 1. The van der Waals surface area contributed by atoms with E-state index in [1.54, 1.807) is 25.4 Å². The summed E-state index contributed by atoms with van der Waals surface area (Å²) in [5, 5.41) is 25.8. The van der Waals surface area contributed by atoms with Crippen molar-refractivity contribution in [2.75, 3.05) is 0 Å². The Balaban J connectivity index is 2.06. The zero-order valence-electron chi connectivity index (χ0n) is 10.1. The number of hydrogen-bond acceptors (Lipinski definition) is 6. The molecule has 0 radical (unpaired) electrons. The lowest BCUT2D eigenvalue weighted by Crippen LogP contribution is -2.14. The van der Waals surface area contributed by atoms with Crippen molar-refractivity contribution in [2.45, 2.75) is 26.6 Å². The molecule has 0 bridgehead atoms. The van der Waals surface area contributed by atoms with Crippen LogP contribution in [0.2, 0.25) is 0 Å². The summed E-state index contributed by atoms with van der Waals surface area (Å²) >= 11 is 0. The standard InChI is InChI=1S/C12H15N3O3/c1-8-12(17)11(9(7-16)4-14-8)6-13-5-10-2-3-15-18-10/h2-4,13,16-17H,5-7H2,1H3. The third kappa shape index (κ3) is 2.66. The second-order valence-corrected chi connectivity index (χ2v) is 3.94. The number of nitrogens with zero attached hydrogens (tertiary/aromatic N) is 2. The second-order valence-electron chi connectivity index (χ2n) is 3.94. The van der Waals surface area contributed by atoms with Gasteiger partial charge < -0.3 is 20.1 Å². The molecule has 0 aromatic carbocycles. The van der Waals surface area contributed by atoms with Gasteiger partial charge in [-0.05, 0) is 6.92 Å². The van der Waals surface area contributed by atoms with Gasteiger partial charge in [0, 0.05) is 29.9 Å². The molecule has 0 amide bonds. The van der Waals surface area contributed by atoms with E-state index in [1.807, 2.05) is 0 Å². The molecule has 0 aliphatic carbocycles. The Hall–Kier alpha value is -1.92. The van der Waals surface area contributed by atoms with Gasteiger partial charge in [0.25, 0.3) is 0 Å². The Morgan fingerprint density at radius 1 is 1.39 bits per heavy atom. The van der Waals surface area contributed by atoms with Crippen LogP contribution in [0.25, 0.3) is 0 Å². The largest absolute Gasteiger partial charge is 0.506 e. The lowest BCUT2D eigenvalue weighted by Gasteiger charge is -2.11. The fourth-order valence-corrected chi connectivity index (χ4v) is 1.66. The van der Waals surface area contributed by atoms with E-state index in [0.29, 0.717) is 35.7 Å². The van der Waals surface area contributed by atoms with Crippen molar-refractivity contribution in [3.8, 4) is 5.75 Å². The number of aromatic nitrogens is 2. The molecule has 18 heavy (non-hydrogen) atoms. The molecule has 2 heterocycles. The number of hydrogen-bond donors (Lipinski definition) is 3. The van der Waals surface area contributed by atoms with Gasteiger partial charge in [-0.1, -0.05) is 5.16 Å². The Morgan fingerprint density at radius 2 is 2.22 bits per heavy atom. The molecule has 3 N–H and O–H groups in total. The molecule has 0 atom stereocenters. The maximum absolute atomic E-state index is 9.92. The van der Waals surface area contributed by atoms with E-state index < -0.39 is 0 Å². The second kappa shape index (κ2) is 5.61. The van der Waals surface area contributed by atoms with Crippen molar-refractivity contribution >= 4 is 0 Å². The quantitative estimate of drug-likeness (QED) is 0.728. The number of aromatic hydroxyl groups is 1. The molecule has 0 unspecified atom stereocenters. The molecule has 2 aromatic heterocycles. The zero-order chi connectivity index (χ0) is 13.0. The molecule has 6 nitrogen and oxygen atoms in total. The van der Waals surface area contributed by atoms with Crippen LogP contribution in [0.1, 0.15) is 22.6 Å². The number of pyridine rings is 1. The molecule has 2 rings (SSSR count). The van der Waals surface area contributed by atoms with Gasteiger partial charge in [0.05, 0.1) is 25.0 Å². The summed E-state index contributed by atoms with van der Waals surface area (Å²) in [6.45, 7) is 2.49. The fraction of sp³-hybridized carbons (Fsp3) is 0.333. The van der Waals surface area contributed by atoms with Gasteiger partial charge in [0.1, 0.15) is 11.5 Å². The predicted octanol–water partition coefficient (Wildman–Crippen LogP) is 0.866. The highest BCUT2D eigenvalue weighted by atomic mass is 16.5. The summed E-state index contributed by atoms with van der Waals surface area (Å²) in [6, 6.07) is 1.76. The van der Waals surface area contributed by atoms with Crippen molar-refractivity contribution in [1.29, 1.82) is 0 Å². The predicted molar refractivity (Wildman–Crippen MR) is 63.6 cm³/mol. The van der Waals surface area contributed by atoms with E-state index in [0.717, 1.165) is 0 Å². The van der Waals surface area contributed by atoms with E-state index >= 15 is 0 Å². The van der Waals surface area contributed by atoms with Gasteiger partial charge >= 0.3 is 0 Å². The van der Waals surface area contributed by atoms with Crippen LogP contribution in [-0.2, 0) is 19.7 Å². The molecule has 0 saturated heterocycles. The van der Waals surface area contributed by atoms with Gasteiger partial charge in [0.2, 0.25) is 0 Å². The first-order chi connectivity index (χ1) is 8.72.